The van der Waals surface area contributed by atoms with Gasteiger partial charge in [-0.3, -0.25) is 0 Å². The molecule has 0 saturated carbocycles. The van der Waals surface area contributed by atoms with Crippen LogP contribution in [0.2, 0.25) is 0 Å². The zero-order chi connectivity index (χ0) is 14.5. The normalized spacial score (nSPS) is 24.0. The molecule has 3 nitrogen and oxygen atoms in total. The molecule has 1 saturated heterocycles. The lowest BCUT2D eigenvalue weighted by molar-refractivity contribution is -0.139. The number of benzene rings is 1. The smallest absolute Gasteiger partial charge is 0.378 e. The first-order valence-corrected chi connectivity index (χ1v) is 6.61. The third-order valence-electron chi connectivity index (χ3n) is 4.09. The second kappa shape index (κ2) is 5.66. The van der Waals surface area contributed by atoms with Crippen LogP contribution in [0.1, 0.15) is 22.6 Å². The Bertz CT molecular complexity index is 534. The molecule has 0 unspecified atom stereocenters. The molecule has 0 aromatic heterocycles. The maximum Gasteiger partial charge on any atom is 0.416 e. The van der Waals surface area contributed by atoms with Gasteiger partial charge in [-0.2, -0.15) is 13.2 Å². The number of ether oxygens (including phenoxy) is 1. The minimum Gasteiger partial charge on any atom is -0.378 e. The van der Waals surface area contributed by atoms with E-state index >= 15 is 0 Å². The molecule has 3 rings (SSSR count). The van der Waals surface area contributed by atoms with Crippen molar-refractivity contribution in [2.24, 2.45) is 0 Å². The van der Waals surface area contributed by atoms with Crippen LogP contribution in [0.3, 0.4) is 0 Å². The van der Waals surface area contributed by atoms with Crippen LogP contribution >= 0.6 is 12.4 Å². The number of hydrogen-bond acceptors (Lipinski definition) is 3. The van der Waals surface area contributed by atoms with Gasteiger partial charge in [0.25, 0.3) is 0 Å². The Morgan fingerprint density at radius 3 is 2.57 bits per heavy atom. The summed E-state index contributed by atoms with van der Waals surface area (Å²) in [6.07, 6.45) is -4.36. The first-order valence-electron chi connectivity index (χ1n) is 6.61. The van der Waals surface area contributed by atoms with Crippen LogP contribution in [0.15, 0.2) is 12.1 Å². The van der Waals surface area contributed by atoms with Gasteiger partial charge in [-0.1, -0.05) is 0 Å². The minimum atomic E-state index is -4.35. The predicted octanol–water partition coefficient (Wildman–Crippen LogP) is 2.78. The summed E-state index contributed by atoms with van der Waals surface area (Å²) in [5.41, 5.74) is 1.10. The van der Waals surface area contributed by atoms with Crippen LogP contribution < -0.4 is 10.2 Å². The van der Waals surface area contributed by atoms with E-state index in [2.05, 4.69) is 5.32 Å². The monoisotopic (exact) mass is 322 g/mol. The van der Waals surface area contributed by atoms with Gasteiger partial charge in [-0.05, 0) is 23.3 Å². The molecule has 0 aliphatic carbocycles. The van der Waals surface area contributed by atoms with E-state index in [9.17, 15) is 13.2 Å². The molecule has 21 heavy (non-hydrogen) atoms. The Hall–Kier alpha value is -0.980. The lowest BCUT2D eigenvalue weighted by Gasteiger charge is -2.31. The largest absolute Gasteiger partial charge is 0.416 e. The SMILES string of the molecule is CN(C)c1cc2c(c(C(F)(F)F)c1)CO[C@H]1CNC[C@@H]21.Cl. The third kappa shape index (κ3) is 2.84. The topological polar surface area (TPSA) is 24.5 Å². The molecule has 2 aliphatic heterocycles. The molecule has 1 fully saturated rings. The maximum atomic E-state index is 13.3. The van der Waals surface area contributed by atoms with Crippen LogP contribution in [-0.4, -0.2) is 33.3 Å². The molecule has 2 aliphatic rings. The third-order valence-corrected chi connectivity index (χ3v) is 4.09. The van der Waals surface area contributed by atoms with Gasteiger partial charge in [-0.25, -0.2) is 0 Å². The molecule has 0 spiro atoms. The number of anilines is 1. The number of nitrogens with one attached hydrogen (secondary N) is 1. The summed E-state index contributed by atoms with van der Waals surface area (Å²) in [5, 5.41) is 3.19. The fourth-order valence-corrected chi connectivity index (χ4v) is 3.01. The van der Waals surface area contributed by atoms with E-state index < -0.39 is 11.7 Å². The van der Waals surface area contributed by atoms with Crippen molar-refractivity contribution >= 4 is 18.1 Å². The number of alkyl halides is 3. The molecule has 0 amide bonds. The van der Waals surface area contributed by atoms with Gasteiger partial charge in [0.05, 0.1) is 18.3 Å². The molecule has 1 aromatic rings. The molecule has 0 bridgehead atoms. The van der Waals surface area contributed by atoms with E-state index in [1.165, 1.54) is 6.07 Å². The van der Waals surface area contributed by atoms with E-state index in [1.807, 2.05) is 6.07 Å². The van der Waals surface area contributed by atoms with Gasteiger partial charge in [0, 0.05) is 38.8 Å². The lowest BCUT2D eigenvalue weighted by Crippen LogP contribution is -2.29. The maximum absolute atomic E-state index is 13.3. The van der Waals surface area contributed by atoms with Crippen LogP contribution in [0, 0.1) is 0 Å². The molecule has 1 N–H and O–H groups in total. The van der Waals surface area contributed by atoms with E-state index in [0.717, 1.165) is 5.56 Å². The Morgan fingerprint density at radius 2 is 1.95 bits per heavy atom. The Kier molecular flexibility index (Phi) is 4.42. The van der Waals surface area contributed by atoms with Gasteiger partial charge in [0.2, 0.25) is 0 Å². The van der Waals surface area contributed by atoms with Crippen molar-refractivity contribution < 1.29 is 17.9 Å². The molecule has 7 heteroatoms. The molecule has 2 atom stereocenters. The fraction of sp³-hybridized carbons (Fsp3) is 0.571. The summed E-state index contributed by atoms with van der Waals surface area (Å²) >= 11 is 0. The van der Waals surface area contributed by atoms with Crippen LogP contribution in [0.5, 0.6) is 0 Å². The van der Waals surface area contributed by atoms with Crippen molar-refractivity contribution in [1.29, 1.82) is 0 Å². The van der Waals surface area contributed by atoms with Crippen LogP contribution in [-0.2, 0) is 17.5 Å². The molecule has 1 aromatic carbocycles. The van der Waals surface area contributed by atoms with E-state index in [4.69, 9.17) is 4.74 Å². The van der Waals surface area contributed by atoms with Crippen molar-refractivity contribution in [1.82, 2.24) is 5.32 Å². The van der Waals surface area contributed by atoms with Crippen molar-refractivity contribution in [2.45, 2.75) is 24.8 Å². The molecular formula is C14H18ClF3N2O. The lowest BCUT2D eigenvalue weighted by atomic mass is 9.86. The standard InChI is InChI=1S/C14H17F3N2O.ClH/c1-19(2)8-3-9-10-5-18-6-13(10)20-7-11(9)12(4-8)14(15,16)17;/h3-4,10,13,18H,5-7H2,1-2H3;1H/t10-,13-;/m0./s1. The summed E-state index contributed by atoms with van der Waals surface area (Å²) in [6.45, 7) is 1.42. The Balaban J connectivity index is 0.00000161. The van der Waals surface area contributed by atoms with Gasteiger partial charge < -0.3 is 15.0 Å². The summed E-state index contributed by atoms with van der Waals surface area (Å²) in [4.78, 5) is 1.71. The van der Waals surface area contributed by atoms with Crippen molar-refractivity contribution in [3.63, 3.8) is 0 Å². The number of hydrogen-bond donors (Lipinski definition) is 1. The van der Waals surface area contributed by atoms with Crippen LogP contribution in [0.25, 0.3) is 0 Å². The number of nitrogens with zero attached hydrogens (tertiary/aromatic N) is 1. The number of halogens is 4. The average molecular weight is 323 g/mol. The quantitative estimate of drug-likeness (QED) is 0.860. The highest BCUT2D eigenvalue weighted by Crippen LogP contribution is 2.43. The zero-order valence-electron chi connectivity index (χ0n) is 11.8. The van der Waals surface area contributed by atoms with Crippen LogP contribution in [0.4, 0.5) is 18.9 Å². The van der Waals surface area contributed by atoms with Gasteiger partial charge in [0.15, 0.2) is 0 Å². The molecular weight excluding hydrogens is 305 g/mol. The minimum absolute atomic E-state index is 0. The van der Waals surface area contributed by atoms with Gasteiger partial charge >= 0.3 is 6.18 Å². The Morgan fingerprint density at radius 1 is 1.24 bits per heavy atom. The highest BCUT2D eigenvalue weighted by molar-refractivity contribution is 5.85. The Labute approximate surface area is 127 Å². The zero-order valence-corrected chi connectivity index (χ0v) is 12.6. The van der Waals surface area contributed by atoms with Crippen molar-refractivity contribution in [3.8, 4) is 0 Å². The van der Waals surface area contributed by atoms with Gasteiger partial charge in [-0.15, -0.1) is 12.4 Å². The second-order valence-corrected chi connectivity index (χ2v) is 5.57. The first-order chi connectivity index (χ1) is 9.38. The average Bonchev–Trinajstić information content (AvgIpc) is 2.84. The molecule has 0 radical (unpaired) electrons. The highest BCUT2D eigenvalue weighted by Gasteiger charge is 2.41. The highest BCUT2D eigenvalue weighted by atomic mass is 35.5. The predicted molar refractivity (Wildman–Crippen MR) is 77.2 cm³/mol. The van der Waals surface area contributed by atoms with Crippen molar-refractivity contribution in [3.05, 3.63) is 28.8 Å². The number of fused-ring (bicyclic) bond motifs is 3. The second-order valence-electron chi connectivity index (χ2n) is 5.57. The van der Waals surface area contributed by atoms with E-state index in [0.29, 0.717) is 24.3 Å². The summed E-state index contributed by atoms with van der Waals surface area (Å²) in [7, 11) is 3.51. The summed E-state index contributed by atoms with van der Waals surface area (Å²) in [5.74, 6) is 0.0137. The molecule has 2 heterocycles. The number of rotatable bonds is 1. The van der Waals surface area contributed by atoms with E-state index in [-0.39, 0.29) is 31.0 Å². The fourth-order valence-electron chi connectivity index (χ4n) is 3.01. The van der Waals surface area contributed by atoms with Crippen molar-refractivity contribution in [2.75, 3.05) is 32.1 Å². The summed E-state index contributed by atoms with van der Waals surface area (Å²) < 4.78 is 45.4. The van der Waals surface area contributed by atoms with E-state index in [1.54, 1.807) is 19.0 Å². The molecule has 118 valence electrons. The first kappa shape index (κ1) is 16.4. The van der Waals surface area contributed by atoms with Gasteiger partial charge in [0.1, 0.15) is 0 Å². The summed E-state index contributed by atoms with van der Waals surface area (Å²) in [6, 6.07) is 3.09.